The molecule has 0 bridgehead atoms. The molecule has 3 N–H and O–H groups in total. The molecule has 0 aromatic carbocycles. The average Bonchev–Trinajstić information content (AvgIpc) is 1.91. The van der Waals surface area contributed by atoms with Crippen LogP contribution in [-0.2, 0) is 4.74 Å². The Balaban J connectivity index is 2.08. The van der Waals surface area contributed by atoms with Crippen LogP contribution in [0.1, 0.15) is 12.8 Å². The van der Waals surface area contributed by atoms with Crippen molar-refractivity contribution in [3.63, 3.8) is 0 Å². The Morgan fingerprint density at radius 3 is 3.11 bits per heavy atom. The van der Waals surface area contributed by atoms with Gasteiger partial charge >= 0.3 is 0 Å². The smallest absolute Gasteiger partial charge is 0.0506 e. The molecule has 3 heteroatoms. The lowest BCUT2D eigenvalue weighted by molar-refractivity contribution is 0.0549. The highest BCUT2D eigenvalue weighted by Gasteiger charge is 2.11. The molecule has 54 valence electrons. The summed E-state index contributed by atoms with van der Waals surface area (Å²) in [4.78, 5) is 0. The molecule has 0 aromatic heterocycles. The van der Waals surface area contributed by atoms with Crippen molar-refractivity contribution < 1.29 is 4.74 Å². The van der Waals surface area contributed by atoms with Crippen LogP contribution in [0.5, 0.6) is 0 Å². The van der Waals surface area contributed by atoms with E-state index in [0.29, 0.717) is 5.92 Å². The molecule has 0 saturated carbocycles. The number of nitrogens with two attached hydrogens (primary N) is 1. The summed E-state index contributed by atoms with van der Waals surface area (Å²) < 4.78 is 5.24. The van der Waals surface area contributed by atoms with Crippen molar-refractivity contribution in [3.8, 4) is 0 Å². The SMILES string of the molecule is NNCC1CCCOC1. The summed E-state index contributed by atoms with van der Waals surface area (Å²) in [5.41, 5.74) is 2.66. The topological polar surface area (TPSA) is 47.3 Å². The second-order valence-corrected chi connectivity index (χ2v) is 2.49. The molecule has 0 radical (unpaired) electrons. The fraction of sp³-hybridized carbons (Fsp3) is 1.00. The Labute approximate surface area is 55.5 Å². The van der Waals surface area contributed by atoms with E-state index in [0.717, 1.165) is 19.8 Å². The molecule has 1 aliphatic rings. The van der Waals surface area contributed by atoms with Crippen molar-refractivity contribution in [2.45, 2.75) is 12.8 Å². The average molecular weight is 130 g/mol. The van der Waals surface area contributed by atoms with Gasteiger partial charge in [-0.2, -0.15) is 0 Å². The first kappa shape index (κ1) is 6.99. The minimum absolute atomic E-state index is 0.642. The van der Waals surface area contributed by atoms with Gasteiger partial charge in [0.2, 0.25) is 0 Å². The first-order valence-electron chi connectivity index (χ1n) is 3.44. The van der Waals surface area contributed by atoms with Gasteiger partial charge in [0.15, 0.2) is 0 Å². The van der Waals surface area contributed by atoms with E-state index in [-0.39, 0.29) is 0 Å². The molecule has 1 atom stereocenters. The van der Waals surface area contributed by atoms with Crippen LogP contribution < -0.4 is 11.3 Å². The van der Waals surface area contributed by atoms with E-state index >= 15 is 0 Å². The Morgan fingerprint density at radius 2 is 2.56 bits per heavy atom. The Kier molecular flexibility index (Phi) is 2.97. The monoisotopic (exact) mass is 130 g/mol. The van der Waals surface area contributed by atoms with Gasteiger partial charge in [0, 0.05) is 13.2 Å². The van der Waals surface area contributed by atoms with Crippen LogP contribution in [0.4, 0.5) is 0 Å². The highest BCUT2D eigenvalue weighted by molar-refractivity contribution is 4.63. The number of hydrogen-bond acceptors (Lipinski definition) is 3. The maximum Gasteiger partial charge on any atom is 0.0506 e. The fourth-order valence-electron chi connectivity index (χ4n) is 1.14. The minimum atomic E-state index is 0.642. The van der Waals surface area contributed by atoms with Gasteiger partial charge in [0.05, 0.1) is 6.61 Å². The lowest BCUT2D eigenvalue weighted by Gasteiger charge is -2.20. The van der Waals surface area contributed by atoms with Crippen LogP contribution >= 0.6 is 0 Å². The molecule has 1 unspecified atom stereocenters. The number of rotatable bonds is 2. The summed E-state index contributed by atoms with van der Waals surface area (Å²) in [6, 6.07) is 0. The fourth-order valence-corrected chi connectivity index (χ4v) is 1.14. The van der Waals surface area contributed by atoms with Gasteiger partial charge < -0.3 is 4.74 Å². The Bertz CT molecular complexity index is 68.7. The van der Waals surface area contributed by atoms with Crippen molar-refractivity contribution >= 4 is 0 Å². The van der Waals surface area contributed by atoms with Gasteiger partial charge in [-0.3, -0.25) is 11.3 Å². The van der Waals surface area contributed by atoms with Gasteiger partial charge in [-0.1, -0.05) is 0 Å². The Hall–Kier alpha value is -0.120. The lowest BCUT2D eigenvalue weighted by Crippen LogP contribution is -2.33. The molecule has 0 spiro atoms. The van der Waals surface area contributed by atoms with Crippen molar-refractivity contribution in [3.05, 3.63) is 0 Å². The summed E-state index contributed by atoms with van der Waals surface area (Å²) in [7, 11) is 0. The number of nitrogens with one attached hydrogen (secondary N) is 1. The first-order chi connectivity index (χ1) is 4.43. The highest BCUT2D eigenvalue weighted by Crippen LogP contribution is 2.11. The Morgan fingerprint density at radius 1 is 1.67 bits per heavy atom. The summed E-state index contributed by atoms with van der Waals surface area (Å²) >= 11 is 0. The van der Waals surface area contributed by atoms with Crippen LogP contribution in [-0.4, -0.2) is 19.8 Å². The van der Waals surface area contributed by atoms with E-state index in [1.54, 1.807) is 0 Å². The molecule has 9 heavy (non-hydrogen) atoms. The maximum atomic E-state index is 5.24. The second-order valence-electron chi connectivity index (χ2n) is 2.49. The summed E-state index contributed by atoms with van der Waals surface area (Å²) in [6.45, 7) is 2.70. The van der Waals surface area contributed by atoms with Crippen LogP contribution in [0.2, 0.25) is 0 Å². The van der Waals surface area contributed by atoms with E-state index in [1.165, 1.54) is 12.8 Å². The molecule has 0 aromatic rings. The normalized spacial score (nSPS) is 28.3. The largest absolute Gasteiger partial charge is 0.381 e. The molecule has 0 amide bonds. The van der Waals surface area contributed by atoms with Crippen LogP contribution in [0.3, 0.4) is 0 Å². The lowest BCUT2D eigenvalue weighted by atomic mass is 10.0. The molecule has 1 saturated heterocycles. The summed E-state index contributed by atoms with van der Waals surface area (Å²) in [5.74, 6) is 5.80. The van der Waals surface area contributed by atoms with Gasteiger partial charge in [0.25, 0.3) is 0 Å². The third-order valence-corrected chi connectivity index (χ3v) is 1.66. The predicted molar refractivity (Wildman–Crippen MR) is 35.7 cm³/mol. The van der Waals surface area contributed by atoms with Gasteiger partial charge in [-0.05, 0) is 18.8 Å². The van der Waals surface area contributed by atoms with Crippen LogP contribution in [0.15, 0.2) is 0 Å². The van der Waals surface area contributed by atoms with E-state index in [1.807, 2.05) is 0 Å². The highest BCUT2D eigenvalue weighted by atomic mass is 16.5. The molecular weight excluding hydrogens is 116 g/mol. The zero-order valence-corrected chi connectivity index (χ0v) is 5.60. The number of hydrazine groups is 1. The third kappa shape index (κ3) is 2.30. The summed E-state index contributed by atoms with van der Waals surface area (Å²) in [6.07, 6.45) is 2.44. The molecule has 1 rings (SSSR count). The minimum Gasteiger partial charge on any atom is -0.381 e. The van der Waals surface area contributed by atoms with Gasteiger partial charge in [-0.25, -0.2) is 0 Å². The predicted octanol–water partition coefficient (Wildman–Crippen LogP) is -0.124. The second kappa shape index (κ2) is 3.82. The van der Waals surface area contributed by atoms with Gasteiger partial charge in [0.1, 0.15) is 0 Å². The van der Waals surface area contributed by atoms with Crippen LogP contribution in [0.25, 0.3) is 0 Å². The van der Waals surface area contributed by atoms with Crippen LogP contribution in [0, 0.1) is 5.92 Å². The maximum absolute atomic E-state index is 5.24. The van der Waals surface area contributed by atoms with Gasteiger partial charge in [-0.15, -0.1) is 0 Å². The standard InChI is InChI=1S/C6H14N2O/c7-8-4-6-2-1-3-9-5-6/h6,8H,1-5,7H2. The molecule has 3 nitrogen and oxygen atoms in total. The number of hydrogen-bond donors (Lipinski definition) is 2. The van der Waals surface area contributed by atoms with E-state index in [9.17, 15) is 0 Å². The zero-order valence-electron chi connectivity index (χ0n) is 5.60. The van der Waals surface area contributed by atoms with Crippen molar-refractivity contribution in [1.82, 2.24) is 5.43 Å². The van der Waals surface area contributed by atoms with E-state index in [2.05, 4.69) is 5.43 Å². The van der Waals surface area contributed by atoms with Crippen molar-refractivity contribution in [2.24, 2.45) is 11.8 Å². The van der Waals surface area contributed by atoms with E-state index in [4.69, 9.17) is 10.6 Å². The molecule has 1 heterocycles. The summed E-state index contributed by atoms with van der Waals surface area (Å²) in [5, 5.41) is 0. The molecule has 1 fully saturated rings. The third-order valence-electron chi connectivity index (χ3n) is 1.66. The van der Waals surface area contributed by atoms with Crippen molar-refractivity contribution in [1.29, 1.82) is 0 Å². The first-order valence-corrected chi connectivity index (χ1v) is 3.44. The zero-order chi connectivity index (χ0) is 6.53. The molecule has 0 aliphatic carbocycles. The molecular formula is C6H14N2O. The molecule has 1 aliphatic heterocycles. The quantitative estimate of drug-likeness (QED) is 0.404. The van der Waals surface area contributed by atoms with E-state index < -0.39 is 0 Å². The number of ether oxygens (including phenoxy) is 1. The van der Waals surface area contributed by atoms with Crippen molar-refractivity contribution in [2.75, 3.05) is 19.8 Å².